The standard InChI is InChI=1S/C26H37NO4SSi/c1-18(31-33(7,8)26(2,3)4)23-24(28)27(25(23)32-21-12-10-9-11-13-21)17-19-14-15-20(29-5)16-22(19)30-6/h9-16,18,23,25H,17H2,1-8H3/t18-,23+,25?/m1/s1. The lowest BCUT2D eigenvalue weighted by Crippen LogP contribution is -2.63. The first-order valence-corrected chi connectivity index (χ1v) is 15.2. The van der Waals surface area contributed by atoms with Crippen LogP contribution in [0.3, 0.4) is 0 Å². The van der Waals surface area contributed by atoms with E-state index in [1.807, 2.05) is 41.3 Å². The molecule has 180 valence electrons. The van der Waals surface area contributed by atoms with Crippen LogP contribution in [0.15, 0.2) is 53.4 Å². The first kappa shape index (κ1) is 25.7. The summed E-state index contributed by atoms with van der Waals surface area (Å²) in [5, 5.41) is 0.0817. The van der Waals surface area contributed by atoms with E-state index in [0.717, 1.165) is 22.0 Å². The van der Waals surface area contributed by atoms with Crippen molar-refractivity contribution >= 4 is 26.0 Å². The summed E-state index contributed by atoms with van der Waals surface area (Å²) in [6, 6.07) is 16.0. The predicted octanol–water partition coefficient (Wildman–Crippen LogP) is 6.19. The van der Waals surface area contributed by atoms with Crippen LogP contribution >= 0.6 is 11.8 Å². The fourth-order valence-electron chi connectivity index (χ4n) is 3.81. The quantitative estimate of drug-likeness (QED) is 0.312. The highest BCUT2D eigenvalue weighted by atomic mass is 32.2. The predicted molar refractivity (Wildman–Crippen MR) is 137 cm³/mol. The maximum Gasteiger partial charge on any atom is 0.232 e. The minimum atomic E-state index is -2.00. The van der Waals surface area contributed by atoms with E-state index in [2.05, 4.69) is 52.9 Å². The Morgan fingerprint density at radius 2 is 1.73 bits per heavy atom. The van der Waals surface area contributed by atoms with Gasteiger partial charge in [-0.1, -0.05) is 39.0 Å². The highest BCUT2D eigenvalue weighted by Gasteiger charge is 2.52. The van der Waals surface area contributed by atoms with Gasteiger partial charge in [-0.3, -0.25) is 4.79 Å². The molecule has 0 aromatic heterocycles. The highest BCUT2D eigenvalue weighted by molar-refractivity contribution is 8.00. The van der Waals surface area contributed by atoms with Crippen LogP contribution in [0, 0.1) is 5.92 Å². The highest BCUT2D eigenvalue weighted by Crippen LogP contribution is 2.45. The summed E-state index contributed by atoms with van der Waals surface area (Å²) >= 11 is 1.73. The Bertz CT molecular complexity index is 961. The lowest BCUT2D eigenvalue weighted by molar-refractivity contribution is -0.157. The third-order valence-corrected chi connectivity index (χ3v) is 12.7. The second-order valence-corrected chi connectivity index (χ2v) is 16.0. The monoisotopic (exact) mass is 487 g/mol. The van der Waals surface area contributed by atoms with Crippen molar-refractivity contribution in [1.82, 2.24) is 4.90 Å². The lowest BCUT2D eigenvalue weighted by atomic mass is 9.92. The lowest BCUT2D eigenvalue weighted by Gasteiger charge is -2.51. The number of rotatable bonds is 9. The minimum absolute atomic E-state index is 0.00789. The molecule has 1 heterocycles. The van der Waals surface area contributed by atoms with Gasteiger partial charge in [-0.05, 0) is 49.3 Å². The van der Waals surface area contributed by atoms with E-state index in [1.165, 1.54) is 0 Å². The van der Waals surface area contributed by atoms with Crippen molar-refractivity contribution < 1.29 is 18.7 Å². The molecule has 2 aromatic rings. The Hall–Kier alpha value is -1.96. The van der Waals surface area contributed by atoms with Gasteiger partial charge < -0.3 is 18.8 Å². The van der Waals surface area contributed by atoms with Crippen molar-refractivity contribution in [1.29, 1.82) is 0 Å². The van der Waals surface area contributed by atoms with Crippen molar-refractivity contribution in [2.24, 2.45) is 5.92 Å². The van der Waals surface area contributed by atoms with Crippen LogP contribution in [0.2, 0.25) is 18.1 Å². The summed E-state index contributed by atoms with van der Waals surface area (Å²) in [7, 11) is 1.28. The molecular weight excluding hydrogens is 450 g/mol. The zero-order valence-corrected chi connectivity index (χ0v) is 22.9. The number of likely N-dealkylation sites (tertiary alicyclic amines) is 1. The number of hydrogen-bond acceptors (Lipinski definition) is 5. The van der Waals surface area contributed by atoms with Crippen molar-refractivity contribution in [3.05, 3.63) is 54.1 Å². The fourth-order valence-corrected chi connectivity index (χ4v) is 6.62. The van der Waals surface area contributed by atoms with Gasteiger partial charge in [0.2, 0.25) is 5.91 Å². The molecule has 1 aliphatic rings. The average molecular weight is 488 g/mol. The summed E-state index contributed by atoms with van der Waals surface area (Å²) in [5.74, 6) is 1.40. The van der Waals surface area contributed by atoms with E-state index >= 15 is 0 Å². The van der Waals surface area contributed by atoms with E-state index < -0.39 is 8.32 Å². The molecule has 0 radical (unpaired) electrons. The van der Waals surface area contributed by atoms with E-state index in [-0.39, 0.29) is 28.3 Å². The molecule has 0 N–H and O–H groups in total. The third kappa shape index (κ3) is 5.58. The smallest absolute Gasteiger partial charge is 0.232 e. The number of ether oxygens (including phenoxy) is 2. The van der Waals surface area contributed by atoms with Gasteiger partial charge in [-0.15, -0.1) is 11.8 Å². The maximum atomic E-state index is 13.4. The second-order valence-electron chi connectivity index (χ2n) is 10.1. The van der Waals surface area contributed by atoms with Crippen LogP contribution in [-0.2, 0) is 15.8 Å². The molecule has 5 nitrogen and oxygen atoms in total. The maximum absolute atomic E-state index is 13.4. The molecule has 1 fully saturated rings. The van der Waals surface area contributed by atoms with Gasteiger partial charge in [0.05, 0.1) is 38.2 Å². The number of nitrogens with zero attached hydrogens (tertiary/aromatic N) is 1. The van der Waals surface area contributed by atoms with Crippen molar-refractivity contribution in [3.63, 3.8) is 0 Å². The van der Waals surface area contributed by atoms with Gasteiger partial charge in [0.15, 0.2) is 8.32 Å². The van der Waals surface area contributed by atoms with Gasteiger partial charge >= 0.3 is 0 Å². The van der Waals surface area contributed by atoms with Crippen LogP contribution in [0.1, 0.15) is 33.3 Å². The first-order chi connectivity index (χ1) is 15.5. The summed E-state index contributed by atoms with van der Waals surface area (Å²) in [6.45, 7) is 13.7. The Kier molecular flexibility index (Phi) is 7.86. The SMILES string of the molecule is COc1ccc(CN2C(=O)[C@H]([C@@H](C)O[Si](C)(C)C(C)(C)C)C2Sc2ccccc2)c(OC)c1. The number of carbonyl (C=O) groups is 1. The van der Waals surface area contributed by atoms with Crippen LogP contribution < -0.4 is 9.47 Å². The zero-order valence-electron chi connectivity index (χ0n) is 21.0. The van der Waals surface area contributed by atoms with Crippen molar-refractivity contribution in [3.8, 4) is 11.5 Å². The number of amides is 1. The topological polar surface area (TPSA) is 48.0 Å². The number of thioether (sulfide) groups is 1. The van der Waals surface area contributed by atoms with Crippen molar-refractivity contribution in [2.45, 2.75) is 68.7 Å². The first-order valence-electron chi connectivity index (χ1n) is 11.4. The molecule has 1 saturated heterocycles. The van der Waals surface area contributed by atoms with Crippen LogP contribution in [0.25, 0.3) is 0 Å². The van der Waals surface area contributed by atoms with Gasteiger partial charge in [-0.2, -0.15) is 0 Å². The van der Waals surface area contributed by atoms with Gasteiger partial charge in [0, 0.05) is 16.5 Å². The molecule has 3 rings (SSSR count). The molecule has 2 aromatic carbocycles. The molecular formula is C26H37NO4SSi. The number of hydrogen-bond donors (Lipinski definition) is 0. The largest absolute Gasteiger partial charge is 0.497 e. The second kappa shape index (κ2) is 10.1. The molecule has 1 amide bonds. The Labute approximate surface area is 203 Å². The number of methoxy groups -OCH3 is 2. The molecule has 0 saturated carbocycles. The molecule has 0 bridgehead atoms. The van der Waals surface area contributed by atoms with E-state index in [9.17, 15) is 4.79 Å². The summed E-state index contributed by atoms with van der Waals surface area (Å²) in [4.78, 5) is 16.5. The number of β-lactam (4-membered cyclic amide) rings is 1. The fraction of sp³-hybridized carbons (Fsp3) is 0.500. The van der Waals surface area contributed by atoms with E-state index in [1.54, 1.807) is 26.0 Å². The van der Waals surface area contributed by atoms with Crippen LogP contribution in [0.5, 0.6) is 11.5 Å². The van der Waals surface area contributed by atoms with E-state index in [0.29, 0.717) is 6.54 Å². The Morgan fingerprint density at radius 3 is 2.30 bits per heavy atom. The molecule has 3 atom stereocenters. The Morgan fingerprint density at radius 1 is 1.06 bits per heavy atom. The van der Waals surface area contributed by atoms with Crippen LogP contribution in [0.4, 0.5) is 0 Å². The van der Waals surface area contributed by atoms with Crippen molar-refractivity contribution in [2.75, 3.05) is 14.2 Å². The third-order valence-electron chi connectivity index (χ3n) is 6.81. The molecule has 33 heavy (non-hydrogen) atoms. The normalized spacial score (nSPS) is 19.8. The molecule has 0 aliphatic carbocycles. The summed E-state index contributed by atoms with van der Waals surface area (Å²) in [6.07, 6.45) is -0.145. The molecule has 1 unspecified atom stereocenters. The zero-order chi connectivity index (χ0) is 24.4. The van der Waals surface area contributed by atoms with E-state index in [4.69, 9.17) is 13.9 Å². The average Bonchev–Trinajstić information content (AvgIpc) is 2.76. The number of carbonyl (C=O) groups excluding carboxylic acids is 1. The number of benzene rings is 2. The molecule has 1 aliphatic heterocycles. The van der Waals surface area contributed by atoms with Gasteiger partial charge in [-0.25, -0.2) is 0 Å². The van der Waals surface area contributed by atoms with Gasteiger partial charge in [0.1, 0.15) is 11.5 Å². The summed E-state index contributed by atoms with van der Waals surface area (Å²) in [5.41, 5.74) is 0.960. The minimum Gasteiger partial charge on any atom is -0.497 e. The van der Waals surface area contributed by atoms with Crippen LogP contribution in [-0.4, -0.2) is 44.8 Å². The van der Waals surface area contributed by atoms with Gasteiger partial charge in [0.25, 0.3) is 0 Å². The molecule has 0 spiro atoms. The molecule has 7 heteroatoms. The summed E-state index contributed by atoms with van der Waals surface area (Å²) < 4.78 is 17.6. The Balaban J connectivity index is 1.86.